The van der Waals surface area contributed by atoms with E-state index < -0.39 is 4.92 Å². The van der Waals surface area contributed by atoms with Gasteiger partial charge in [0.2, 0.25) is 0 Å². The third kappa shape index (κ3) is 2.73. The van der Waals surface area contributed by atoms with Crippen LogP contribution >= 0.6 is 0 Å². The number of rotatable bonds is 4. The average Bonchev–Trinajstić information content (AvgIpc) is 2.68. The van der Waals surface area contributed by atoms with Gasteiger partial charge in [-0.05, 0) is 26.3 Å². The zero-order chi connectivity index (χ0) is 14.0. The molecule has 6 heteroatoms. The molecule has 0 fully saturated rings. The molecule has 0 atom stereocenters. The molecule has 1 N–H and O–H groups in total. The Labute approximate surface area is 110 Å². The summed E-state index contributed by atoms with van der Waals surface area (Å²) in [7, 11) is 0. The molecule has 0 bridgehead atoms. The smallest absolute Gasteiger partial charge is 0.271 e. The van der Waals surface area contributed by atoms with Crippen molar-refractivity contribution in [1.29, 1.82) is 0 Å². The molecule has 100 valence electrons. The number of nitro benzene ring substituents is 1. The van der Waals surface area contributed by atoms with E-state index in [1.807, 2.05) is 20.8 Å². The Kier molecular flexibility index (Phi) is 3.50. The largest absolute Gasteiger partial charge is 0.380 e. The standard InChI is InChI=1S/C13H15N3O3/c1-8-4-5-11(16(17)18)6-13(8)14-7-12-9(2)15-19-10(12)3/h4-6,14H,7H2,1-3H3. The Morgan fingerprint density at radius 2 is 2.11 bits per heavy atom. The maximum atomic E-state index is 10.8. The lowest BCUT2D eigenvalue weighted by Crippen LogP contribution is -2.03. The van der Waals surface area contributed by atoms with Crippen LogP contribution in [0.15, 0.2) is 22.7 Å². The monoisotopic (exact) mass is 261 g/mol. The van der Waals surface area contributed by atoms with E-state index >= 15 is 0 Å². The van der Waals surface area contributed by atoms with Crippen LogP contribution in [0.4, 0.5) is 11.4 Å². The lowest BCUT2D eigenvalue weighted by atomic mass is 10.1. The molecule has 2 aromatic rings. The highest BCUT2D eigenvalue weighted by atomic mass is 16.6. The highest BCUT2D eigenvalue weighted by Crippen LogP contribution is 2.23. The number of aryl methyl sites for hydroxylation is 3. The van der Waals surface area contributed by atoms with Crippen molar-refractivity contribution in [3.8, 4) is 0 Å². The first-order valence-corrected chi connectivity index (χ1v) is 5.89. The normalized spacial score (nSPS) is 10.5. The number of nitrogens with zero attached hydrogens (tertiary/aromatic N) is 2. The molecule has 0 amide bonds. The SMILES string of the molecule is Cc1ccc([N+](=O)[O-])cc1NCc1c(C)noc1C. The van der Waals surface area contributed by atoms with Crippen LogP contribution in [0, 0.1) is 30.9 Å². The molecule has 0 radical (unpaired) electrons. The van der Waals surface area contributed by atoms with Crippen molar-refractivity contribution >= 4 is 11.4 Å². The molecule has 19 heavy (non-hydrogen) atoms. The van der Waals surface area contributed by atoms with Crippen LogP contribution in [0.1, 0.15) is 22.6 Å². The highest BCUT2D eigenvalue weighted by Gasteiger charge is 2.11. The van der Waals surface area contributed by atoms with Crippen LogP contribution in [-0.4, -0.2) is 10.1 Å². The van der Waals surface area contributed by atoms with Crippen molar-refractivity contribution in [2.24, 2.45) is 0 Å². The van der Waals surface area contributed by atoms with E-state index in [-0.39, 0.29) is 5.69 Å². The molecule has 1 aromatic heterocycles. The summed E-state index contributed by atoms with van der Waals surface area (Å²) in [4.78, 5) is 10.4. The van der Waals surface area contributed by atoms with Crippen LogP contribution in [0.3, 0.4) is 0 Å². The van der Waals surface area contributed by atoms with Gasteiger partial charge in [-0.25, -0.2) is 0 Å². The van der Waals surface area contributed by atoms with E-state index in [1.54, 1.807) is 6.07 Å². The fourth-order valence-corrected chi connectivity index (χ4v) is 1.85. The Balaban J connectivity index is 2.20. The summed E-state index contributed by atoms with van der Waals surface area (Å²) >= 11 is 0. The van der Waals surface area contributed by atoms with Gasteiger partial charge in [-0.2, -0.15) is 0 Å². The lowest BCUT2D eigenvalue weighted by Gasteiger charge is -2.09. The van der Waals surface area contributed by atoms with E-state index in [0.717, 1.165) is 28.3 Å². The Morgan fingerprint density at radius 3 is 2.68 bits per heavy atom. The van der Waals surface area contributed by atoms with Crippen LogP contribution in [-0.2, 0) is 6.54 Å². The van der Waals surface area contributed by atoms with Gasteiger partial charge >= 0.3 is 0 Å². The molecule has 0 aliphatic rings. The van der Waals surface area contributed by atoms with Crippen molar-refractivity contribution in [2.45, 2.75) is 27.3 Å². The first-order chi connectivity index (χ1) is 8.99. The van der Waals surface area contributed by atoms with Gasteiger partial charge in [-0.3, -0.25) is 10.1 Å². The van der Waals surface area contributed by atoms with Crippen LogP contribution in [0.2, 0.25) is 0 Å². The summed E-state index contributed by atoms with van der Waals surface area (Å²) in [6, 6.07) is 4.76. The Bertz CT molecular complexity index is 600. The van der Waals surface area contributed by atoms with E-state index in [0.29, 0.717) is 6.54 Å². The lowest BCUT2D eigenvalue weighted by molar-refractivity contribution is -0.384. The van der Waals surface area contributed by atoms with Crippen LogP contribution in [0.25, 0.3) is 0 Å². The summed E-state index contributed by atoms with van der Waals surface area (Å²) < 4.78 is 5.08. The molecule has 6 nitrogen and oxygen atoms in total. The van der Waals surface area contributed by atoms with Gasteiger partial charge in [0.05, 0.1) is 10.6 Å². The highest BCUT2D eigenvalue weighted by molar-refractivity contribution is 5.57. The molecule has 1 heterocycles. The summed E-state index contributed by atoms with van der Waals surface area (Å²) in [6.45, 7) is 6.15. The molecule has 0 saturated carbocycles. The van der Waals surface area contributed by atoms with Gasteiger partial charge in [0.15, 0.2) is 0 Å². The van der Waals surface area contributed by atoms with Crippen molar-refractivity contribution in [1.82, 2.24) is 5.16 Å². The quantitative estimate of drug-likeness (QED) is 0.675. The third-order valence-corrected chi connectivity index (χ3v) is 3.07. The predicted molar refractivity (Wildman–Crippen MR) is 71.1 cm³/mol. The van der Waals surface area contributed by atoms with Gasteiger partial charge in [-0.15, -0.1) is 0 Å². The number of anilines is 1. The number of benzene rings is 1. The first-order valence-electron chi connectivity index (χ1n) is 5.89. The van der Waals surface area contributed by atoms with Crippen LogP contribution < -0.4 is 5.32 Å². The minimum atomic E-state index is -0.402. The molecular weight excluding hydrogens is 246 g/mol. The van der Waals surface area contributed by atoms with Crippen LogP contribution in [0.5, 0.6) is 0 Å². The topological polar surface area (TPSA) is 81.2 Å². The number of nitro groups is 1. The summed E-state index contributed by atoms with van der Waals surface area (Å²) in [5.41, 5.74) is 3.58. The molecule has 0 aliphatic carbocycles. The molecule has 0 unspecified atom stereocenters. The fourth-order valence-electron chi connectivity index (χ4n) is 1.85. The van der Waals surface area contributed by atoms with Gasteiger partial charge < -0.3 is 9.84 Å². The van der Waals surface area contributed by atoms with E-state index in [1.165, 1.54) is 12.1 Å². The number of aromatic nitrogens is 1. The summed E-state index contributed by atoms with van der Waals surface area (Å²) in [5, 5.41) is 17.8. The van der Waals surface area contributed by atoms with E-state index in [2.05, 4.69) is 10.5 Å². The van der Waals surface area contributed by atoms with Crippen molar-refractivity contribution in [2.75, 3.05) is 5.32 Å². The number of hydrogen-bond donors (Lipinski definition) is 1. The second-order valence-corrected chi connectivity index (χ2v) is 4.41. The molecule has 0 aliphatic heterocycles. The zero-order valence-corrected chi connectivity index (χ0v) is 11.1. The Morgan fingerprint density at radius 1 is 1.37 bits per heavy atom. The van der Waals surface area contributed by atoms with Gasteiger partial charge in [0, 0.05) is 29.9 Å². The maximum absolute atomic E-state index is 10.8. The second kappa shape index (κ2) is 5.09. The number of hydrogen-bond acceptors (Lipinski definition) is 5. The van der Waals surface area contributed by atoms with Gasteiger partial charge in [0.1, 0.15) is 5.76 Å². The zero-order valence-electron chi connectivity index (χ0n) is 11.1. The molecule has 0 saturated heterocycles. The van der Waals surface area contributed by atoms with Crippen molar-refractivity contribution < 1.29 is 9.45 Å². The molecule has 1 aromatic carbocycles. The average molecular weight is 261 g/mol. The minimum absolute atomic E-state index is 0.0758. The second-order valence-electron chi connectivity index (χ2n) is 4.41. The van der Waals surface area contributed by atoms with Gasteiger partial charge in [-0.1, -0.05) is 11.2 Å². The number of nitrogens with one attached hydrogen (secondary N) is 1. The van der Waals surface area contributed by atoms with Crippen molar-refractivity contribution in [3.05, 3.63) is 50.9 Å². The summed E-state index contributed by atoms with van der Waals surface area (Å²) in [5.74, 6) is 0.757. The third-order valence-electron chi connectivity index (χ3n) is 3.07. The van der Waals surface area contributed by atoms with Gasteiger partial charge in [0.25, 0.3) is 5.69 Å². The number of non-ortho nitro benzene ring substituents is 1. The van der Waals surface area contributed by atoms with E-state index in [4.69, 9.17) is 4.52 Å². The molecular formula is C13H15N3O3. The fraction of sp³-hybridized carbons (Fsp3) is 0.308. The Hall–Kier alpha value is -2.37. The minimum Gasteiger partial charge on any atom is -0.380 e. The maximum Gasteiger partial charge on any atom is 0.271 e. The van der Waals surface area contributed by atoms with E-state index in [9.17, 15) is 10.1 Å². The summed E-state index contributed by atoms with van der Waals surface area (Å²) in [6.07, 6.45) is 0. The predicted octanol–water partition coefficient (Wildman–Crippen LogP) is 3.12. The molecule has 0 spiro atoms. The van der Waals surface area contributed by atoms with Crippen molar-refractivity contribution in [3.63, 3.8) is 0 Å². The molecule has 2 rings (SSSR count). The first kappa shape index (κ1) is 13.1.